The predicted octanol–water partition coefficient (Wildman–Crippen LogP) is 3.21. The van der Waals surface area contributed by atoms with Gasteiger partial charge in [0.1, 0.15) is 6.67 Å². The highest BCUT2D eigenvalue weighted by Gasteiger charge is 2.41. The van der Waals surface area contributed by atoms with Gasteiger partial charge in [-0.25, -0.2) is 4.90 Å². The molecule has 108 valence electrons. The van der Waals surface area contributed by atoms with E-state index in [-0.39, 0.29) is 17.1 Å². The van der Waals surface area contributed by atoms with Crippen molar-refractivity contribution in [2.24, 2.45) is 5.92 Å². The van der Waals surface area contributed by atoms with Crippen LogP contribution in [0.2, 0.25) is 5.02 Å². The molecule has 1 aromatic rings. The first-order chi connectivity index (χ1) is 9.25. The third kappa shape index (κ3) is 2.49. The molecule has 1 saturated heterocycles. The summed E-state index contributed by atoms with van der Waals surface area (Å²) < 4.78 is 50.5. The second-order valence-corrected chi connectivity index (χ2v) is 4.69. The van der Waals surface area contributed by atoms with Gasteiger partial charge in [-0.05, 0) is 18.2 Å². The SMILES string of the molecule is O=C1CC(CF)C(=O)N1c1cc(C(F)(F)F)ccc1Cl. The van der Waals surface area contributed by atoms with Gasteiger partial charge in [0.15, 0.2) is 0 Å². The van der Waals surface area contributed by atoms with Crippen LogP contribution in [0.25, 0.3) is 0 Å². The molecule has 0 N–H and O–H groups in total. The van der Waals surface area contributed by atoms with E-state index < -0.39 is 36.1 Å². The van der Waals surface area contributed by atoms with Crippen LogP contribution in [0, 0.1) is 5.92 Å². The number of carbonyl (C=O) groups is 2. The molecule has 3 nitrogen and oxygen atoms in total. The largest absolute Gasteiger partial charge is 0.416 e. The molecule has 8 heteroatoms. The highest BCUT2D eigenvalue weighted by Crippen LogP contribution is 2.37. The van der Waals surface area contributed by atoms with E-state index in [4.69, 9.17) is 11.6 Å². The molecule has 0 spiro atoms. The molecule has 0 bridgehead atoms. The molecule has 2 amide bonds. The van der Waals surface area contributed by atoms with Crippen LogP contribution in [0.3, 0.4) is 0 Å². The fourth-order valence-corrected chi connectivity index (χ4v) is 2.13. The summed E-state index contributed by atoms with van der Waals surface area (Å²) in [7, 11) is 0. The maximum absolute atomic E-state index is 12.6. The van der Waals surface area contributed by atoms with Crippen molar-refractivity contribution < 1.29 is 27.2 Å². The van der Waals surface area contributed by atoms with Gasteiger partial charge >= 0.3 is 6.18 Å². The molecule has 1 aromatic carbocycles. The number of carbonyl (C=O) groups excluding carboxylic acids is 2. The minimum atomic E-state index is -4.63. The zero-order valence-corrected chi connectivity index (χ0v) is 10.6. The van der Waals surface area contributed by atoms with Gasteiger partial charge in [-0.2, -0.15) is 13.2 Å². The molecule has 0 aromatic heterocycles. The Morgan fingerprint density at radius 3 is 2.45 bits per heavy atom. The van der Waals surface area contributed by atoms with Crippen molar-refractivity contribution in [2.45, 2.75) is 12.6 Å². The third-order valence-electron chi connectivity index (χ3n) is 2.94. The van der Waals surface area contributed by atoms with Crippen molar-refractivity contribution in [2.75, 3.05) is 11.6 Å². The van der Waals surface area contributed by atoms with E-state index in [0.717, 1.165) is 12.1 Å². The molecular formula is C12H8ClF4NO2. The molecule has 1 aliphatic rings. The average Bonchev–Trinajstić information content (AvgIpc) is 2.64. The molecule has 0 aliphatic carbocycles. The molecule has 1 heterocycles. The number of hydrogen-bond donors (Lipinski definition) is 0. The lowest BCUT2D eigenvalue weighted by molar-refractivity contribution is -0.137. The Labute approximate surface area is 116 Å². The summed E-state index contributed by atoms with van der Waals surface area (Å²) in [5.41, 5.74) is -1.41. The van der Waals surface area contributed by atoms with Crippen molar-refractivity contribution in [3.05, 3.63) is 28.8 Å². The van der Waals surface area contributed by atoms with E-state index in [1.165, 1.54) is 0 Å². The normalized spacial score (nSPS) is 19.9. The summed E-state index contributed by atoms with van der Waals surface area (Å²) in [6.45, 7) is -1.04. The third-order valence-corrected chi connectivity index (χ3v) is 3.26. The summed E-state index contributed by atoms with van der Waals surface area (Å²) in [4.78, 5) is 24.0. The number of halogens is 5. The molecule has 1 unspecified atom stereocenters. The second kappa shape index (κ2) is 5.05. The molecule has 20 heavy (non-hydrogen) atoms. The van der Waals surface area contributed by atoms with E-state index in [1.807, 2.05) is 0 Å². The standard InChI is InChI=1S/C12H8ClF4NO2/c13-8-2-1-7(12(15,16)17)4-9(8)18-10(19)3-6(5-14)11(18)20/h1-2,4,6H,3,5H2. The predicted molar refractivity (Wildman–Crippen MR) is 63.0 cm³/mol. The fourth-order valence-electron chi connectivity index (χ4n) is 1.93. The summed E-state index contributed by atoms with van der Waals surface area (Å²) >= 11 is 5.74. The monoisotopic (exact) mass is 309 g/mol. The van der Waals surface area contributed by atoms with Crippen LogP contribution in [-0.4, -0.2) is 18.5 Å². The van der Waals surface area contributed by atoms with E-state index in [9.17, 15) is 27.2 Å². The Bertz CT molecular complexity index is 573. The van der Waals surface area contributed by atoms with E-state index in [2.05, 4.69) is 0 Å². The lowest BCUT2D eigenvalue weighted by Crippen LogP contribution is -2.31. The minimum absolute atomic E-state index is 0.181. The molecule has 0 radical (unpaired) electrons. The van der Waals surface area contributed by atoms with Crippen molar-refractivity contribution in [3.63, 3.8) is 0 Å². The first-order valence-corrected chi connectivity index (χ1v) is 5.93. The number of imide groups is 1. The number of benzene rings is 1. The van der Waals surface area contributed by atoms with Crippen LogP contribution in [-0.2, 0) is 15.8 Å². The van der Waals surface area contributed by atoms with Crippen LogP contribution < -0.4 is 4.90 Å². The van der Waals surface area contributed by atoms with Gasteiger partial charge in [-0.15, -0.1) is 0 Å². The molecule has 1 aliphatic heterocycles. The van der Waals surface area contributed by atoms with Gasteiger partial charge in [0.25, 0.3) is 0 Å². The number of amides is 2. The Kier molecular flexibility index (Phi) is 3.73. The van der Waals surface area contributed by atoms with Crippen molar-refractivity contribution in [1.29, 1.82) is 0 Å². The highest BCUT2D eigenvalue weighted by atomic mass is 35.5. The number of rotatable bonds is 2. The smallest absolute Gasteiger partial charge is 0.274 e. The number of nitrogens with zero attached hydrogens (tertiary/aromatic N) is 1. The minimum Gasteiger partial charge on any atom is -0.274 e. The zero-order chi connectivity index (χ0) is 15.1. The molecule has 1 fully saturated rings. The first kappa shape index (κ1) is 14.8. The quantitative estimate of drug-likeness (QED) is 0.621. The average molecular weight is 310 g/mol. The Morgan fingerprint density at radius 1 is 1.30 bits per heavy atom. The van der Waals surface area contributed by atoms with Gasteiger partial charge in [0.05, 0.1) is 22.2 Å². The first-order valence-electron chi connectivity index (χ1n) is 5.55. The molecule has 1 atom stereocenters. The topological polar surface area (TPSA) is 37.4 Å². The van der Waals surface area contributed by atoms with Crippen LogP contribution in [0.1, 0.15) is 12.0 Å². The van der Waals surface area contributed by atoms with Crippen LogP contribution in [0.5, 0.6) is 0 Å². The Balaban J connectivity index is 2.47. The Morgan fingerprint density at radius 2 is 1.95 bits per heavy atom. The van der Waals surface area contributed by atoms with Gasteiger partial charge in [-0.1, -0.05) is 11.6 Å². The van der Waals surface area contributed by atoms with Gasteiger partial charge in [0, 0.05) is 6.42 Å². The second-order valence-electron chi connectivity index (χ2n) is 4.29. The van der Waals surface area contributed by atoms with Crippen molar-refractivity contribution in [1.82, 2.24) is 0 Å². The zero-order valence-electron chi connectivity index (χ0n) is 9.88. The Hall–Kier alpha value is -1.63. The van der Waals surface area contributed by atoms with Crippen LogP contribution in [0.15, 0.2) is 18.2 Å². The van der Waals surface area contributed by atoms with E-state index >= 15 is 0 Å². The van der Waals surface area contributed by atoms with Gasteiger partial charge < -0.3 is 0 Å². The maximum Gasteiger partial charge on any atom is 0.416 e. The van der Waals surface area contributed by atoms with E-state index in [0.29, 0.717) is 11.0 Å². The molecule has 0 saturated carbocycles. The van der Waals surface area contributed by atoms with Gasteiger partial charge in [-0.3, -0.25) is 14.0 Å². The lowest BCUT2D eigenvalue weighted by Gasteiger charge is -2.18. The molecule has 2 rings (SSSR count). The highest BCUT2D eigenvalue weighted by molar-refractivity contribution is 6.35. The van der Waals surface area contributed by atoms with Crippen LogP contribution in [0.4, 0.5) is 23.2 Å². The molecular weight excluding hydrogens is 302 g/mol. The summed E-state index contributed by atoms with van der Waals surface area (Å²) in [6, 6.07) is 2.30. The number of hydrogen-bond acceptors (Lipinski definition) is 2. The van der Waals surface area contributed by atoms with Gasteiger partial charge in [0.2, 0.25) is 11.8 Å². The summed E-state index contributed by atoms with van der Waals surface area (Å²) in [5.74, 6) is -2.80. The van der Waals surface area contributed by atoms with E-state index in [1.54, 1.807) is 0 Å². The van der Waals surface area contributed by atoms with Crippen LogP contribution >= 0.6 is 11.6 Å². The summed E-state index contributed by atoms with van der Waals surface area (Å²) in [6.07, 6.45) is -5.01. The fraction of sp³-hybridized carbons (Fsp3) is 0.333. The summed E-state index contributed by atoms with van der Waals surface area (Å²) in [5, 5.41) is -0.181. The number of alkyl halides is 4. The van der Waals surface area contributed by atoms with Crippen molar-refractivity contribution in [3.8, 4) is 0 Å². The lowest BCUT2D eigenvalue weighted by atomic mass is 10.1. The number of anilines is 1. The van der Waals surface area contributed by atoms with Crippen molar-refractivity contribution >= 4 is 29.1 Å². The maximum atomic E-state index is 12.6.